The number of aromatic nitrogens is 1. The Kier molecular flexibility index (Phi) is 9.89. The van der Waals surface area contributed by atoms with E-state index in [-0.39, 0.29) is 35.5 Å². The van der Waals surface area contributed by atoms with Crippen molar-refractivity contribution in [3.63, 3.8) is 0 Å². The fourth-order valence-corrected chi connectivity index (χ4v) is 8.14. The van der Waals surface area contributed by atoms with Gasteiger partial charge in [0.2, 0.25) is 20.0 Å². The van der Waals surface area contributed by atoms with E-state index in [9.17, 15) is 21.9 Å². The summed E-state index contributed by atoms with van der Waals surface area (Å²) < 4.78 is 67.2. The van der Waals surface area contributed by atoms with Crippen molar-refractivity contribution in [3.8, 4) is 16.9 Å². The van der Waals surface area contributed by atoms with Gasteiger partial charge in [0, 0.05) is 50.0 Å². The van der Waals surface area contributed by atoms with E-state index in [1.54, 1.807) is 49.5 Å². The van der Waals surface area contributed by atoms with Crippen LogP contribution in [0, 0.1) is 0 Å². The van der Waals surface area contributed by atoms with Crippen LogP contribution >= 0.6 is 0 Å². The number of hydrogen-bond acceptors (Lipinski definition) is 10. The molecule has 2 aromatic carbocycles. The average molecular weight is 646 g/mol. The van der Waals surface area contributed by atoms with Gasteiger partial charge in [-0.25, -0.2) is 26.5 Å². The summed E-state index contributed by atoms with van der Waals surface area (Å²) in [5.74, 6) is 0.747. The maximum Gasteiger partial charge on any atom is 0.243 e. The molecule has 44 heavy (non-hydrogen) atoms. The highest BCUT2D eigenvalue weighted by molar-refractivity contribution is 7.89. The third-order valence-electron chi connectivity index (χ3n) is 7.97. The standard InChI is InChI=1S/C30H39N5O7S2/c1-2-34-43(37,38)27-7-4-6-26(16-27)41-21-25(36)19-32-24-17-30(42-20-24)11-13-35(14-12-30)44(39,40)28-8-3-5-22(15-28)23-9-10-29(31)33-18-23/h3-10,15-16,18,24-25,32,34,36H,2,11-14,17,19-21H2,1H3,(H2,31,33). The normalized spacial score (nSPS) is 19.6. The second-order valence-corrected chi connectivity index (χ2v) is 14.9. The molecule has 5 N–H and O–H groups in total. The lowest BCUT2D eigenvalue weighted by molar-refractivity contribution is -0.0312. The van der Waals surface area contributed by atoms with Gasteiger partial charge in [-0.3, -0.25) is 0 Å². The minimum atomic E-state index is -3.69. The highest BCUT2D eigenvalue weighted by Gasteiger charge is 2.44. The molecule has 0 amide bonds. The SMILES string of the molecule is CCNS(=O)(=O)c1cccc(OCC(O)CNC2COC3(CCN(S(=O)(=O)c4cccc(-c5ccc(N)nc5)c4)CC3)C2)c1. The van der Waals surface area contributed by atoms with E-state index in [1.807, 2.05) is 12.1 Å². The molecule has 12 nitrogen and oxygen atoms in total. The van der Waals surface area contributed by atoms with Gasteiger partial charge in [-0.05, 0) is 61.2 Å². The summed E-state index contributed by atoms with van der Waals surface area (Å²) in [5, 5.41) is 13.8. The number of nitrogens with two attached hydrogens (primary N) is 1. The van der Waals surface area contributed by atoms with Crippen LogP contribution in [0.4, 0.5) is 5.82 Å². The number of aliphatic hydroxyl groups is 1. The van der Waals surface area contributed by atoms with Gasteiger partial charge >= 0.3 is 0 Å². The van der Waals surface area contributed by atoms with Gasteiger partial charge in [0.1, 0.15) is 24.3 Å². The van der Waals surface area contributed by atoms with Crippen molar-refractivity contribution < 1.29 is 31.4 Å². The van der Waals surface area contributed by atoms with Crippen LogP contribution < -0.4 is 20.5 Å². The Labute approximate surface area is 258 Å². The lowest BCUT2D eigenvalue weighted by Gasteiger charge is -2.38. The zero-order chi connectivity index (χ0) is 31.4. The Bertz CT molecular complexity index is 1640. The van der Waals surface area contributed by atoms with Gasteiger partial charge in [0.15, 0.2) is 0 Å². The molecule has 5 rings (SSSR count). The zero-order valence-electron chi connectivity index (χ0n) is 24.6. The minimum Gasteiger partial charge on any atom is -0.491 e. The molecule has 2 saturated heterocycles. The number of pyridine rings is 1. The van der Waals surface area contributed by atoms with E-state index in [2.05, 4.69) is 15.0 Å². The smallest absolute Gasteiger partial charge is 0.243 e. The molecule has 0 radical (unpaired) electrons. The maximum atomic E-state index is 13.5. The van der Waals surface area contributed by atoms with E-state index in [1.165, 1.54) is 16.4 Å². The average Bonchev–Trinajstić information content (AvgIpc) is 3.41. The van der Waals surface area contributed by atoms with Crippen molar-refractivity contribution >= 4 is 25.9 Å². The summed E-state index contributed by atoms with van der Waals surface area (Å²) in [7, 11) is -7.30. The summed E-state index contributed by atoms with van der Waals surface area (Å²) in [6, 6.07) is 16.5. The number of ether oxygens (including phenoxy) is 2. The number of rotatable bonds is 12. The predicted molar refractivity (Wildman–Crippen MR) is 166 cm³/mol. The van der Waals surface area contributed by atoms with Crippen LogP contribution in [0.15, 0.2) is 76.7 Å². The molecule has 0 saturated carbocycles. The Morgan fingerprint density at radius 1 is 1.07 bits per heavy atom. The van der Waals surface area contributed by atoms with E-state index in [0.717, 1.165) is 11.1 Å². The molecule has 2 unspecified atom stereocenters. The van der Waals surface area contributed by atoms with Crippen LogP contribution in [0.1, 0.15) is 26.2 Å². The van der Waals surface area contributed by atoms with E-state index in [4.69, 9.17) is 15.2 Å². The van der Waals surface area contributed by atoms with Crippen molar-refractivity contribution in [3.05, 3.63) is 66.9 Å². The fraction of sp³-hybridized carbons (Fsp3) is 0.433. The number of aliphatic hydroxyl groups excluding tert-OH is 1. The first-order valence-corrected chi connectivity index (χ1v) is 17.5. The van der Waals surface area contributed by atoms with E-state index >= 15 is 0 Å². The van der Waals surface area contributed by atoms with Crippen LogP contribution in [-0.2, 0) is 24.8 Å². The summed E-state index contributed by atoms with van der Waals surface area (Å²) >= 11 is 0. The first kappa shape index (κ1) is 32.3. The van der Waals surface area contributed by atoms with E-state index in [0.29, 0.717) is 50.5 Å². The topological polar surface area (TPSA) is 173 Å². The summed E-state index contributed by atoms with van der Waals surface area (Å²) in [4.78, 5) is 4.43. The molecular formula is C30H39N5O7S2. The lowest BCUT2D eigenvalue weighted by atomic mass is 9.88. The van der Waals surface area contributed by atoms with Crippen molar-refractivity contribution in [2.24, 2.45) is 0 Å². The largest absolute Gasteiger partial charge is 0.491 e. The van der Waals surface area contributed by atoms with Crippen LogP contribution in [-0.4, -0.2) is 88.4 Å². The second kappa shape index (κ2) is 13.5. The highest BCUT2D eigenvalue weighted by atomic mass is 32.2. The van der Waals surface area contributed by atoms with Crippen LogP contribution in [0.2, 0.25) is 0 Å². The zero-order valence-corrected chi connectivity index (χ0v) is 26.2. The number of benzene rings is 2. The summed E-state index contributed by atoms with van der Waals surface area (Å²) in [5.41, 5.74) is 6.80. The Morgan fingerprint density at radius 2 is 1.82 bits per heavy atom. The summed E-state index contributed by atoms with van der Waals surface area (Å²) in [6.07, 6.45) is 2.65. The second-order valence-electron chi connectivity index (χ2n) is 11.1. The molecule has 3 aromatic rings. The first-order valence-electron chi connectivity index (χ1n) is 14.6. The number of piperidine rings is 1. The molecule has 2 aliphatic heterocycles. The van der Waals surface area contributed by atoms with Crippen molar-refractivity contribution in [1.82, 2.24) is 19.3 Å². The predicted octanol–water partition coefficient (Wildman–Crippen LogP) is 1.97. The molecule has 1 spiro atoms. The molecular weight excluding hydrogens is 606 g/mol. The number of nitrogen functional groups attached to an aromatic ring is 1. The fourth-order valence-electron chi connectivity index (χ4n) is 5.58. The van der Waals surface area contributed by atoms with Crippen LogP contribution in [0.5, 0.6) is 5.75 Å². The molecule has 2 atom stereocenters. The molecule has 1 aromatic heterocycles. The van der Waals surface area contributed by atoms with Gasteiger partial charge in [0.05, 0.1) is 22.0 Å². The van der Waals surface area contributed by atoms with Crippen LogP contribution in [0.25, 0.3) is 11.1 Å². The number of nitrogens with zero attached hydrogens (tertiary/aromatic N) is 2. The van der Waals surface area contributed by atoms with Gasteiger partial charge in [-0.2, -0.15) is 4.31 Å². The Balaban J connectivity index is 1.09. The number of sulfonamides is 2. The summed E-state index contributed by atoms with van der Waals surface area (Å²) in [6.45, 7) is 3.39. The number of nitrogens with one attached hydrogen (secondary N) is 2. The quantitative estimate of drug-likeness (QED) is 0.228. The number of anilines is 1. The molecule has 14 heteroatoms. The Morgan fingerprint density at radius 3 is 2.55 bits per heavy atom. The van der Waals surface area contributed by atoms with E-state index < -0.39 is 31.8 Å². The first-order chi connectivity index (χ1) is 21.0. The number of hydrogen-bond donors (Lipinski definition) is 4. The molecule has 3 heterocycles. The van der Waals surface area contributed by atoms with Crippen molar-refractivity contribution in [1.29, 1.82) is 0 Å². The van der Waals surface area contributed by atoms with Gasteiger partial charge < -0.3 is 25.6 Å². The highest BCUT2D eigenvalue weighted by Crippen LogP contribution is 2.37. The maximum absolute atomic E-state index is 13.5. The molecule has 238 valence electrons. The molecule has 0 aliphatic carbocycles. The third-order valence-corrected chi connectivity index (χ3v) is 11.4. The molecule has 2 fully saturated rings. The molecule has 0 bridgehead atoms. The van der Waals surface area contributed by atoms with Crippen molar-refractivity contribution in [2.45, 2.75) is 53.7 Å². The van der Waals surface area contributed by atoms with Gasteiger partial charge in [0.25, 0.3) is 0 Å². The lowest BCUT2D eigenvalue weighted by Crippen LogP contribution is -2.47. The van der Waals surface area contributed by atoms with Gasteiger partial charge in [-0.15, -0.1) is 0 Å². The van der Waals surface area contributed by atoms with Crippen LogP contribution in [0.3, 0.4) is 0 Å². The van der Waals surface area contributed by atoms with Crippen molar-refractivity contribution in [2.75, 3.05) is 45.1 Å². The Hall–Kier alpha value is -3.11. The van der Waals surface area contributed by atoms with Gasteiger partial charge in [-0.1, -0.05) is 25.1 Å². The third kappa shape index (κ3) is 7.57. The minimum absolute atomic E-state index is 0.00611. The monoisotopic (exact) mass is 645 g/mol. The molecule has 2 aliphatic rings.